The number of nitrogens with zero attached hydrogens (tertiary/aromatic N) is 2. The van der Waals surface area contributed by atoms with Crippen LogP contribution in [-0.4, -0.2) is 14.9 Å². The number of aromatic nitrogens is 2. The molecule has 1 N–H and O–H groups in total. The molecule has 3 nitrogen and oxygen atoms in total. The van der Waals surface area contributed by atoms with Crippen molar-refractivity contribution in [2.75, 3.05) is 0 Å². The lowest BCUT2D eigenvalue weighted by atomic mass is 9.72. The fraction of sp³-hybridized carbons (Fsp3) is 0.769. The summed E-state index contributed by atoms with van der Waals surface area (Å²) in [6.07, 6.45) is 5.46. The molecule has 0 saturated heterocycles. The van der Waals surface area contributed by atoms with Gasteiger partial charge in [-0.2, -0.15) is 5.10 Å². The van der Waals surface area contributed by atoms with Crippen molar-refractivity contribution in [2.24, 2.45) is 18.9 Å². The molecule has 1 heterocycles. The predicted molar refractivity (Wildman–Crippen MR) is 68.9 cm³/mol. The largest absolute Gasteiger partial charge is 0.384 e. The van der Waals surface area contributed by atoms with Crippen LogP contribution in [0.1, 0.15) is 45.2 Å². The first-order chi connectivity index (χ1) is 7.94. The van der Waals surface area contributed by atoms with E-state index in [-0.39, 0.29) is 0 Å². The van der Waals surface area contributed by atoms with Gasteiger partial charge in [0.2, 0.25) is 0 Å². The molecule has 1 fully saturated rings. The third-order valence-electron chi connectivity index (χ3n) is 4.04. The second-order valence-electron chi connectivity index (χ2n) is 5.60. The van der Waals surface area contributed by atoms with E-state index in [4.69, 9.17) is 11.6 Å². The van der Waals surface area contributed by atoms with Crippen molar-refractivity contribution in [3.8, 4) is 0 Å². The highest BCUT2D eigenvalue weighted by atomic mass is 35.5. The maximum atomic E-state index is 10.9. The Bertz CT molecular complexity index is 383. The minimum Gasteiger partial charge on any atom is -0.384 e. The number of halogens is 1. The van der Waals surface area contributed by atoms with Gasteiger partial charge in [-0.05, 0) is 37.5 Å². The molecule has 0 bridgehead atoms. The molecule has 0 aliphatic heterocycles. The summed E-state index contributed by atoms with van der Waals surface area (Å²) in [4.78, 5) is 0. The Hall–Kier alpha value is -0.540. The van der Waals surface area contributed by atoms with E-state index in [0.29, 0.717) is 16.9 Å². The molecular weight excluding hydrogens is 236 g/mol. The van der Waals surface area contributed by atoms with Crippen molar-refractivity contribution in [2.45, 2.75) is 45.1 Å². The van der Waals surface area contributed by atoms with Gasteiger partial charge in [-0.1, -0.05) is 25.4 Å². The molecule has 2 unspecified atom stereocenters. The molecule has 1 aliphatic rings. The zero-order valence-corrected chi connectivity index (χ0v) is 11.5. The summed E-state index contributed by atoms with van der Waals surface area (Å²) in [5, 5.41) is 15.6. The van der Waals surface area contributed by atoms with Crippen LogP contribution in [0.25, 0.3) is 0 Å². The molecule has 0 amide bonds. The highest BCUT2D eigenvalue weighted by Crippen LogP contribution is 2.44. The van der Waals surface area contributed by atoms with E-state index in [1.54, 1.807) is 10.9 Å². The molecule has 0 spiro atoms. The normalized spacial score (nSPS) is 29.9. The van der Waals surface area contributed by atoms with Gasteiger partial charge in [-0.15, -0.1) is 0 Å². The zero-order chi connectivity index (χ0) is 12.6. The van der Waals surface area contributed by atoms with E-state index in [0.717, 1.165) is 25.0 Å². The molecule has 2 atom stereocenters. The highest BCUT2D eigenvalue weighted by Gasteiger charge is 2.40. The van der Waals surface area contributed by atoms with Crippen molar-refractivity contribution < 1.29 is 5.11 Å². The molecule has 1 aromatic rings. The summed E-state index contributed by atoms with van der Waals surface area (Å²) in [5.41, 5.74) is -0.0142. The van der Waals surface area contributed by atoms with Crippen LogP contribution in [-0.2, 0) is 12.6 Å². The van der Waals surface area contributed by atoms with Crippen LogP contribution in [0, 0.1) is 11.8 Å². The first kappa shape index (κ1) is 12.9. The van der Waals surface area contributed by atoms with Crippen LogP contribution in [0.5, 0.6) is 0 Å². The third kappa shape index (κ3) is 2.36. The van der Waals surface area contributed by atoms with Gasteiger partial charge in [0.25, 0.3) is 0 Å². The maximum absolute atomic E-state index is 10.9. The third-order valence-corrected chi connectivity index (χ3v) is 4.32. The molecule has 0 aromatic carbocycles. The quantitative estimate of drug-likeness (QED) is 0.883. The van der Waals surface area contributed by atoms with Gasteiger partial charge < -0.3 is 5.11 Å². The monoisotopic (exact) mass is 256 g/mol. The Morgan fingerprint density at radius 2 is 2.29 bits per heavy atom. The summed E-state index contributed by atoms with van der Waals surface area (Å²) >= 11 is 6.15. The van der Waals surface area contributed by atoms with Crippen molar-refractivity contribution in [1.82, 2.24) is 9.78 Å². The topological polar surface area (TPSA) is 38.1 Å². The molecule has 0 radical (unpaired) electrons. The van der Waals surface area contributed by atoms with Gasteiger partial charge in [0, 0.05) is 7.05 Å². The maximum Gasteiger partial charge on any atom is 0.108 e. The molecular formula is C13H21ClN2O. The van der Waals surface area contributed by atoms with Crippen LogP contribution < -0.4 is 0 Å². The second-order valence-corrected chi connectivity index (χ2v) is 6.00. The van der Waals surface area contributed by atoms with Crippen LogP contribution in [0.3, 0.4) is 0 Å². The smallest absolute Gasteiger partial charge is 0.108 e. The van der Waals surface area contributed by atoms with Gasteiger partial charge in [-0.25, -0.2) is 0 Å². The minimum absolute atomic E-state index is 0.569. The summed E-state index contributed by atoms with van der Waals surface area (Å²) < 4.78 is 1.71. The van der Waals surface area contributed by atoms with E-state index >= 15 is 0 Å². The average Bonchev–Trinajstić information content (AvgIpc) is 2.59. The Morgan fingerprint density at radius 1 is 1.59 bits per heavy atom. The second kappa shape index (κ2) is 4.62. The van der Waals surface area contributed by atoms with Crippen molar-refractivity contribution in [3.63, 3.8) is 0 Å². The number of aliphatic hydroxyl groups is 1. The lowest BCUT2D eigenvalue weighted by Crippen LogP contribution is -2.36. The molecule has 1 aromatic heterocycles. The summed E-state index contributed by atoms with van der Waals surface area (Å²) in [5.74, 6) is 1.17. The lowest BCUT2D eigenvalue weighted by molar-refractivity contribution is -0.0357. The van der Waals surface area contributed by atoms with Gasteiger partial charge in [0.05, 0.1) is 16.9 Å². The molecule has 2 rings (SSSR count). The van der Waals surface area contributed by atoms with Gasteiger partial charge >= 0.3 is 0 Å². The van der Waals surface area contributed by atoms with Crippen molar-refractivity contribution in [1.29, 1.82) is 0 Å². The Labute approximate surface area is 108 Å². The fourth-order valence-electron chi connectivity index (χ4n) is 3.01. The highest BCUT2D eigenvalue weighted by molar-refractivity contribution is 6.31. The van der Waals surface area contributed by atoms with Gasteiger partial charge in [0.15, 0.2) is 0 Å². The van der Waals surface area contributed by atoms with Gasteiger partial charge in [0.1, 0.15) is 5.60 Å². The van der Waals surface area contributed by atoms with Crippen LogP contribution in [0.15, 0.2) is 6.20 Å². The first-order valence-corrected chi connectivity index (χ1v) is 6.72. The first-order valence-electron chi connectivity index (χ1n) is 6.34. The standard InChI is InChI=1S/C13H21ClN2O/c1-9(2)10-5-4-6-13(17,7-10)12-11(14)8-15-16(12)3/h8-10,17H,4-7H2,1-3H3. The summed E-state index contributed by atoms with van der Waals surface area (Å²) in [6.45, 7) is 4.45. The minimum atomic E-state index is -0.796. The number of hydrogen-bond acceptors (Lipinski definition) is 2. The molecule has 96 valence electrons. The van der Waals surface area contributed by atoms with Crippen LogP contribution in [0.4, 0.5) is 0 Å². The van der Waals surface area contributed by atoms with E-state index in [1.165, 1.54) is 6.42 Å². The molecule has 4 heteroatoms. The number of hydrogen-bond donors (Lipinski definition) is 1. The van der Waals surface area contributed by atoms with Crippen molar-refractivity contribution in [3.05, 3.63) is 16.9 Å². The van der Waals surface area contributed by atoms with Crippen molar-refractivity contribution >= 4 is 11.6 Å². The molecule has 1 aliphatic carbocycles. The Balaban J connectivity index is 2.30. The van der Waals surface area contributed by atoms with E-state index in [1.807, 2.05) is 7.05 Å². The molecule has 1 saturated carbocycles. The van der Waals surface area contributed by atoms with E-state index in [9.17, 15) is 5.11 Å². The fourth-order valence-corrected chi connectivity index (χ4v) is 3.35. The van der Waals surface area contributed by atoms with Gasteiger partial charge in [-0.3, -0.25) is 4.68 Å². The SMILES string of the molecule is CC(C)C1CCCC(O)(c2c(Cl)cnn2C)C1. The lowest BCUT2D eigenvalue weighted by Gasteiger charge is -2.38. The van der Waals surface area contributed by atoms with Crippen LogP contribution in [0.2, 0.25) is 5.02 Å². The summed E-state index contributed by atoms with van der Waals surface area (Å²) in [7, 11) is 1.85. The number of rotatable bonds is 2. The van der Waals surface area contributed by atoms with Crippen LogP contribution >= 0.6 is 11.6 Å². The molecule has 17 heavy (non-hydrogen) atoms. The van der Waals surface area contributed by atoms with E-state index in [2.05, 4.69) is 18.9 Å². The summed E-state index contributed by atoms with van der Waals surface area (Å²) in [6, 6.07) is 0. The van der Waals surface area contributed by atoms with E-state index < -0.39 is 5.60 Å². The predicted octanol–water partition coefficient (Wildman–Crippen LogP) is 3.11. The Kier molecular flexibility index (Phi) is 3.50. The average molecular weight is 257 g/mol. The zero-order valence-electron chi connectivity index (χ0n) is 10.8. The number of aryl methyl sites for hydroxylation is 1. The Morgan fingerprint density at radius 3 is 2.82 bits per heavy atom.